The summed E-state index contributed by atoms with van der Waals surface area (Å²) in [5.74, 6) is 0.0825. The SMILES string of the molecule is CCOC(=O)COc1ccc(NC(=O)CCCCC[C@H]2NC(=O)N[C@@H]2C)cc1. The lowest BCUT2D eigenvalue weighted by Gasteiger charge is -2.13. The molecule has 28 heavy (non-hydrogen) atoms. The van der Waals surface area contributed by atoms with Gasteiger partial charge in [0.15, 0.2) is 6.61 Å². The van der Waals surface area contributed by atoms with Gasteiger partial charge in [-0.2, -0.15) is 0 Å². The highest BCUT2D eigenvalue weighted by Crippen LogP contribution is 2.17. The van der Waals surface area contributed by atoms with Crippen molar-refractivity contribution in [3.63, 3.8) is 0 Å². The molecule has 1 saturated heterocycles. The van der Waals surface area contributed by atoms with E-state index in [1.807, 2.05) is 6.92 Å². The number of rotatable bonds is 11. The zero-order chi connectivity index (χ0) is 20.4. The number of nitrogens with one attached hydrogen (secondary N) is 3. The van der Waals surface area contributed by atoms with E-state index in [1.165, 1.54) is 0 Å². The van der Waals surface area contributed by atoms with Gasteiger partial charge in [0.25, 0.3) is 0 Å². The predicted octanol–water partition coefficient (Wildman–Crippen LogP) is 2.59. The number of anilines is 1. The van der Waals surface area contributed by atoms with Crippen LogP contribution in [0.1, 0.15) is 46.0 Å². The van der Waals surface area contributed by atoms with Gasteiger partial charge in [0, 0.05) is 18.2 Å². The van der Waals surface area contributed by atoms with Crippen LogP contribution in [-0.2, 0) is 14.3 Å². The van der Waals surface area contributed by atoms with Crippen molar-refractivity contribution in [1.29, 1.82) is 0 Å². The summed E-state index contributed by atoms with van der Waals surface area (Å²) in [6.45, 7) is 3.91. The topological polar surface area (TPSA) is 106 Å². The van der Waals surface area contributed by atoms with E-state index in [0.29, 0.717) is 24.5 Å². The van der Waals surface area contributed by atoms with Crippen molar-refractivity contribution < 1.29 is 23.9 Å². The third-order valence-corrected chi connectivity index (χ3v) is 4.50. The molecular weight excluding hydrogens is 362 g/mol. The Morgan fingerprint density at radius 3 is 2.50 bits per heavy atom. The van der Waals surface area contributed by atoms with Crippen LogP contribution in [-0.4, -0.2) is 43.2 Å². The number of amides is 3. The van der Waals surface area contributed by atoms with Gasteiger partial charge in [0.2, 0.25) is 5.91 Å². The summed E-state index contributed by atoms with van der Waals surface area (Å²) in [6, 6.07) is 7.07. The molecule has 1 heterocycles. The van der Waals surface area contributed by atoms with Crippen molar-refractivity contribution in [2.75, 3.05) is 18.5 Å². The number of hydrogen-bond donors (Lipinski definition) is 3. The minimum atomic E-state index is -0.416. The second kappa shape index (κ2) is 11.2. The standard InChI is InChI=1S/C20H29N3O5/c1-3-27-19(25)13-28-16-11-9-15(10-12-16)22-18(24)8-6-4-5-7-17-14(2)21-20(26)23-17/h9-12,14,17H,3-8,13H2,1-2H3,(H,22,24)(H2,21,23,26)/t14-,17-/m1/s1. The molecule has 154 valence electrons. The number of ether oxygens (including phenoxy) is 2. The van der Waals surface area contributed by atoms with E-state index in [2.05, 4.69) is 16.0 Å². The summed E-state index contributed by atoms with van der Waals surface area (Å²) in [4.78, 5) is 34.5. The largest absolute Gasteiger partial charge is 0.482 e. The molecule has 1 fully saturated rings. The quantitative estimate of drug-likeness (QED) is 0.397. The number of carbonyl (C=O) groups excluding carboxylic acids is 3. The summed E-state index contributed by atoms with van der Waals surface area (Å²) in [5.41, 5.74) is 0.682. The van der Waals surface area contributed by atoms with Crippen LogP contribution in [0, 0.1) is 0 Å². The summed E-state index contributed by atoms with van der Waals surface area (Å²) < 4.78 is 10.1. The molecule has 0 aromatic heterocycles. The van der Waals surface area contributed by atoms with Crippen LogP contribution in [0.15, 0.2) is 24.3 Å². The lowest BCUT2D eigenvalue weighted by molar-refractivity contribution is -0.145. The number of hydrogen-bond acceptors (Lipinski definition) is 5. The summed E-state index contributed by atoms with van der Waals surface area (Å²) in [5, 5.41) is 8.57. The number of unbranched alkanes of at least 4 members (excludes halogenated alkanes) is 2. The van der Waals surface area contributed by atoms with Crippen molar-refractivity contribution in [1.82, 2.24) is 10.6 Å². The molecule has 2 rings (SSSR count). The molecule has 0 aliphatic carbocycles. The second-order valence-electron chi connectivity index (χ2n) is 6.78. The minimum absolute atomic E-state index is 0.0376. The third-order valence-electron chi connectivity index (χ3n) is 4.50. The zero-order valence-corrected chi connectivity index (χ0v) is 16.5. The highest BCUT2D eigenvalue weighted by Gasteiger charge is 2.26. The van der Waals surface area contributed by atoms with Gasteiger partial charge in [-0.3, -0.25) is 4.79 Å². The number of esters is 1. The number of urea groups is 1. The fourth-order valence-corrected chi connectivity index (χ4v) is 2.99. The van der Waals surface area contributed by atoms with Crippen molar-refractivity contribution >= 4 is 23.6 Å². The fourth-order valence-electron chi connectivity index (χ4n) is 2.99. The van der Waals surface area contributed by atoms with E-state index in [9.17, 15) is 14.4 Å². The molecule has 1 aromatic carbocycles. The van der Waals surface area contributed by atoms with Crippen molar-refractivity contribution in [2.24, 2.45) is 0 Å². The Morgan fingerprint density at radius 2 is 1.86 bits per heavy atom. The smallest absolute Gasteiger partial charge is 0.344 e. The van der Waals surface area contributed by atoms with E-state index >= 15 is 0 Å². The van der Waals surface area contributed by atoms with E-state index in [0.717, 1.165) is 25.7 Å². The maximum Gasteiger partial charge on any atom is 0.344 e. The molecular formula is C20H29N3O5. The lowest BCUT2D eigenvalue weighted by atomic mass is 10.0. The average Bonchev–Trinajstić information content (AvgIpc) is 2.98. The lowest BCUT2D eigenvalue weighted by Crippen LogP contribution is -2.30. The van der Waals surface area contributed by atoms with Crippen molar-refractivity contribution in [2.45, 2.75) is 58.0 Å². The second-order valence-corrected chi connectivity index (χ2v) is 6.78. The monoisotopic (exact) mass is 391 g/mol. The Hall–Kier alpha value is -2.77. The van der Waals surface area contributed by atoms with Gasteiger partial charge in [-0.15, -0.1) is 0 Å². The molecule has 0 bridgehead atoms. The number of benzene rings is 1. The molecule has 3 amide bonds. The highest BCUT2D eigenvalue weighted by atomic mass is 16.6. The molecule has 0 radical (unpaired) electrons. The Labute approximate surface area is 165 Å². The molecule has 8 heteroatoms. The van der Waals surface area contributed by atoms with Gasteiger partial charge in [0.05, 0.1) is 12.6 Å². The van der Waals surface area contributed by atoms with E-state index in [1.54, 1.807) is 31.2 Å². The Balaban J connectivity index is 1.59. The van der Waals surface area contributed by atoms with Crippen LogP contribution >= 0.6 is 0 Å². The van der Waals surface area contributed by atoms with Crippen LogP contribution in [0.2, 0.25) is 0 Å². The minimum Gasteiger partial charge on any atom is -0.482 e. The highest BCUT2D eigenvalue weighted by molar-refractivity contribution is 5.90. The first-order valence-electron chi connectivity index (χ1n) is 9.73. The fraction of sp³-hybridized carbons (Fsp3) is 0.550. The van der Waals surface area contributed by atoms with Gasteiger partial charge in [0.1, 0.15) is 5.75 Å². The molecule has 0 spiro atoms. The van der Waals surface area contributed by atoms with Crippen molar-refractivity contribution in [3.8, 4) is 5.75 Å². The van der Waals surface area contributed by atoms with Gasteiger partial charge < -0.3 is 25.4 Å². The molecule has 8 nitrogen and oxygen atoms in total. The maximum atomic E-state index is 12.0. The van der Waals surface area contributed by atoms with E-state index in [4.69, 9.17) is 9.47 Å². The maximum absolute atomic E-state index is 12.0. The zero-order valence-electron chi connectivity index (χ0n) is 16.5. The normalized spacial score (nSPS) is 18.1. The summed E-state index contributed by atoms with van der Waals surface area (Å²) in [6.07, 6.45) is 4.07. The Kier molecular flexibility index (Phi) is 8.58. The van der Waals surface area contributed by atoms with Crippen LogP contribution in [0.5, 0.6) is 5.75 Å². The van der Waals surface area contributed by atoms with Gasteiger partial charge in [-0.05, 0) is 51.0 Å². The molecule has 0 saturated carbocycles. The van der Waals surface area contributed by atoms with E-state index in [-0.39, 0.29) is 30.6 Å². The summed E-state index contributed by atoms with van der Waals surface area (Å²) in [7, 11) is 0. The predicted molar refractivity (Wildman–Crippen MR) is 105 cm³/mol. The van der Waals surface area contributed by atoms with Crippen LogP contribution in [0.3, 0.4) is 0 Å². The van der Waals surface area contributed by atoms with Gasteiger partial charge >= 0.3 is 12.0 Å². The van der Waals surface area contributed by atoms with Crippen LogP contribution < -0.4 is 20.7 Å². The van der Waals surface area contributed by atoms with Gasteiger partial charge in [-0.1, -0.05) is 12.8 Å². The number of carbonyl (C=O) groups is 3. The first-order chi connectivity index (χ1) is 13.5. The van der Waals surface area contributed by atoms with Crippen LogP contribution in [0.25, 0.3) is 0 Å². The average molecular weight is 391 g/mol. The molecule has 1 aliphatic rings. The molecule has 2 atom stereocenters. The van der Waals surface area contributed by atoms with E-state index < -0.39 is 5.97 Å². The summed E-state index contributed by atoms with van der Waals surface area (Å²) >= 11 is 0. The third kappa shape index (κ3) is 7.46. The molecule has 1 aromatic rings. The first kappa shape index (κ1) is 21.5. The molecule has 0 unspecified atom stereocenters. The van der Waals surface area contributed by atoms with Crippen molar-refractivity contribution in [3.05, 3.63) is 24.3 Å². The molecule has 1 aliphatic heterocycles. The Bertz CT molecular complexity index is 662. The Morgan fingerprint density at radius 1 is 1.11 bits per heavy atom. The molecule has 3 N–H and O–H groups in total. The van der Waals surface area contributed by atoms with Gasteiger partial charge in [-0.25, -0.2) is 9.59 Å². The first-order valence-corrected chi connectivity index (χ1v) is 9.73. The van der Waals surface area contributed by atoms with Crippen LogP contribution in [0.4, 0.5) is 10.5 Å².